The highest BCUT2D eigenvalue weighted by atomic mass is 79.9. The number of ether oxygens (including phenoxy) is 3. The van der Waals surface area contributed by atoms with Crippen LogP contribution < -0.4 is 4.74 Å². The van der Waals surface area contributed by atoms with E-state index >= 15 is 0 Å². The molecule has 0 saturated heterocycles. The van der Waals surface area contributed by atoms with E-state index in [1.54, 1.807) is 32.0 Å². The van der Waals surface area contributed by atoms with Crippen LogP contribution in [0.5, 0.6) is 5.75 Å². The van der Waals surface area contributed by atoms with Crippen molar-refractivity contribution in [2.24, 2.45) is 0 Å². The zero-order valence-corrected chi connectivity index (χ0v) is 12.5. The lowest BCUT2D eigenvalue weighted by atomic mass is 10.2. The van der Waals surface area contributed by atoms with E-state index in [1.807, 2.05) is 0 Å². The van der Waals surface area contributed by atoms with Gasteiger partial charge in [-0.15, -0.1) is 0 Å². The summed E-state index contributed by atoms with van der Waals surface area (Å²) in [4.78, 5) is 22.6. The van der Waals surface area contributed by atoms with Crippen molar-refractivity contribution in [2.45, 2.75) is 20.0 Å². The van der Waals surface area contributed by atoms with E-state index in [0.29, 0.717) is 15.8 Å². The summed E-state index contributed by atoms with van der Waals surface area (Å²) in [5, 5.41) is 0. The molecule has 1 aromatic rings. The van der Waals surface area contributed by atoms with Crippen molar-refractivity contribution in [1.82, 2.24) is 0 Å². The van der Waals surface area contributed by atoms with Gasteiger partial charge in [0.25, 0.3) is 0 Å². The Kier molecular flexibility index (Phi) is 5.82. The smallest absolute Gasteiger partial charge is 0.344 e. The molecule has 0 aliphatic rings. The molecule has 0 heterocycles. The maximum atomic E-state index is 11.3. The van der Waals surface area contributed by atoms with Crippen LogP contribution in [0.3, 0.4) is 0 Å². The molecule has 6 heteroatoms. The molecule has 1 aromatic carbocycles. The lowest BCUT2D eigenvalue weighted by molar-refractivity contribution is -0.149. The zero-order valence-electron chi connectivity index (χ0n) is 10.9. The van der Waals surface area contributed by atoms with Gasteiger partial charge in [-0.2, -0.15) is 0 Å². The third kappa shape index (κ3) is 4.90. The minimum Gasteiger partial charge on any atom is -0.481 e. The van der Waals surface area contributed by atoms with E-state index in [9.17, 15) is 9.59 Å². The summed E-state index contributed by atoms with van der Waals surface area (Å²) in [6.45, 7) is 3.34. The van der Waals surface area contributed by atoms with Crippen molar-refractivity contribution in [2.75, 3.05) is 13.7 Å². The summed E-state index contributed by atoms with van der Waals surface area (Å²) in [6.07, 6.45) is -0.179. The molecular weight excluding hydrogens is 316 g/mol. The predicted octanol–water partition coefficient (Wildman–Crippen LogP) is 2.57. The summed E-state index contributed by atoms with van der Waals surface area (Å²) in [5.41, 5.74) is 0.395. The standard InChI is InChI=1S/C13H15BrO5/c1-8(2)19-12(15)7-18-11-5-4-9(6-10(11)14)13(16)17-3/h4-6,8H,7H2,1-3H3. The van der Waals surface area contributed by atoms with Crippen LogP contribution in [-0.2, 0) is 14.3 Å². The first-order valence-electron chi connectivity index (χ1n) is 5.64. The Morgan fingerprint density at radius 3 is 2.53 bits per heavy atom. The molecule has 5 nitrogen and oxygen atoms in total. The number of rotatable bonds is 5. The Labute approximate surface area is 120 Å². The number of hydrogen-bond donors (Lipinski definition) is 0. The van der Waals surface area contributed by atoms with Gasteiger partial charge in [0.2, 0.25) is 0 Å². The third-order valence-corrected chi connectivity index (χ3v) is 2.69. The molecule has 0 unspecified atom stereocenters. The molecule has 0 atom stereocenters. The molecule has 0 aliphatic carbocycles. The predicted molar refractivity (Wildman–Crippen MR) is 72.2 cm³/mol. The van der Waals surface area contributed by atoms with Gasteiger partial charge >= 0.3 is 11.9 Å². The minimum absolute atomic E-state index is 0.179. The summed E-state index contributed by atoms with van der Waals surface area (Å²) in [5.74, 6) is -0.432. The first kappa shape index (κ1) is 15.5. The van der Waals surface area contributed by atoms with Crippen molar-refractivity contribution in [3.8, 4) is 5.75 Å². The first-order chi connectivity index (χ1) is 8.93. The summed E-state index contributed by atoms with van der Waals surface area (Å²) in [6, 6.07) is 4.70. The number of esters is 2. The number of carbonyl (C=O) groups excluding carboxylic acids is 2. The van der Waals surface area contributed by atoms with Gasteiger partial charge in [-0.1, -0.05) is 0 Å². The molecule has 0 N–H and O–H groups in total. The number of halogens is 1. The fraction of sp³-hybridized carbons (Fsp3) is 0.385. The molecule has 0 saturated carbocycles. The fourth-order valence-electron chi connectivity index (χ4n) is 1.30. The first-order valence-corrected chi connectivity index (χ1v) is 6.43. The zero-order chi connectivity index (χ0) is 14.4. The van der Waals surface area contributed by atoms with Gasteiger partial charge in [-0.25, -0.2) is 9.59 Å². The molecule has 0 spiro atoms. The number of methoxy groups -OCH3 is 1. The molecule has 0 amide bonds. The Morgan fingerprint density at radius 1 is 1.32 bits per heavy atom. The molecule has 0 aromatic heterocycles. The van der Waals surface area contributed by atoms with Crippen LogP contribution in [0, 0.1) is 0 Å². The van der Waals surface area contributed by atoms with Gasteiger partial charge in [0.1, 0.15) is 5.75 Å². The van der Waals surface area contributed by atoms with Gasteiger partial charge in [0, 0.05) is 0 Å². The molecule has 19 heavy (non-hydrogen) atoms. The molecule has 0 bridgehead atoms. The van der Waals surface area contributed by atoms with Crippen molar-refractivity contribution in [3.05, 3.63) is 28.2 Å². The second-order valence-corrected chi connectivity index (χ2v) is 4.82. The van der Waals surface area contributed by atoms with E-state index < -0.39 is 11.9 Å². The van der Waals surface area contributed by atoms with Crippen LogP contribution in [0.4, 0.5) is 0 Å². The molecule has 1 rings (SSSR count). The average molecular weight is 331 g/mol. The number of hydrogen-bond acceptors (Lipinski definition) is 5. The van der Waals surface area contributed by atoms with Crippen molar-refractivity contribution in [1.29, 1.82) is 0 Å². The van der Waals surface area contributed by atoms with E-state index in [-0.39, 0.29) is 12.7 Å². The maximum absolute atomic E-state index is 11.3. The van der Waals surface area contributed by atoms with Crippen molar-refractivity contribution < 1.29 is 23.8 Å². The highest BCUT2D eigenvalue weighted by molar-refractivity contribution is 9.10. The lowest BCUT2D eigenvalue weighted by Gasteiger charge is -2.10. The van der Waals surface area contributed by atoms with Gasteiger partial charge < -0.3 is 14.2 Å². The topological polar surface area (TPSA) is 61.8 Å². The van der Waals surface area contributed by atoms with E-state index in [1.165, 1.54) is 7.11 Å². The normalized spacial score (nSPS) is 10.2. The highest BCUT2D eigenvalue weighted by Crippen LogP contribution is 2.26. The minimum atomic E-state index is -0.445. The number of benzene rings is 1. The summed E-state index contributed by atoms with van der Waals surface area (Å²) in [7, 11) is 1.31. The quantitative estimate of drug-likeness (QED) is 0.776. The van der Waals surface area contributed by atoms with Gasteiger partial charge in [-0.3, -0.25) is 0 Å². The Hall–Kier alpha value is -1.56. The van der Waals surface area contributed by atoms with Crippen LogP contribution in [0.15, 0.2) is 22.7 Å². The monoisotopic (exact) mass is 330 g/mol. The van der Waals surface area contributed by atoms with Crippen molar-refractivity contribution >= 4 is 27.9 Å². The van der Waals surface area contributed by atoms with Crippen molar-refractivity contribution in [3.63, 3.8) is 0 Å². The molecular formula is C13H15BrO5. The second kappa shape index (κ2) is 7.13. The Bertz CT molecular complexity index is 470. The molecule has 0 fully saturated rings. The average Bonchev–Trinajstić information content (AvgIpc) is 2.35. The van der Waals surface area contributed by atoms with Crippen LogP contribution >= 0.6 is 15.9 Å². The van der Waals surface area contributed by atoms with Crippen LogP contribution in [0.1, 0.15) is 24.2 Å². The molecule has 0 aliphatic heterocycles. The summed E-state index contributed by atoms with van der Waals surface area (Å²) >= 11 is 3.26. The Morgan fingerprint density at radius 2 is 2.00 bits per heavy atom. The van der Waals surface area contributed by atoms with Gasteiger partial charge in [0.05, 0.1) is 23.2 Å². The third-order valence-electron chi connectivity index (χ3n) is 2.07. The molecule has 0 radical (unpaired) electrons. The number of carbonyl (C=O) groups is 2. The van der Waals surface area contributed by atoms with Gasteiger partial charge in [-0.05, 0) is 48.0 Å². The Balaban J connectivity index is 2.65. The summed E-state index contributed by atoms with van der Waals surface area (Å²) < 4.78 is 15.4. The second-order valence-electron chi connectivity index (χ2n) is 3.96. The fourth-order valence-corrected chi connectivity index (χ4v) is 1.79. The lowest BCUT2D eigenvalue weighted by Crippen LogP contribution is -2.18. The van der Waals surface area contributed by atoms with E-state index in [0.717, 1.165) is 0 Å². The van der Waals surface area contributed by atoms with Gasteiger partial charge in [0.15, 0.2) is 6.61 Å². The van der Waals surface area contributed by atoms with Crippen LogP contribution in [-0.4, -0.2) is 31.8 Å². The van der Waals surface area contributed by atoms with E-state index in [4.69, 9.17) is 9.47 Å². The highest BCUT2D eigenvalue weighted by Gasteiger charge is 2.11. The maximum Gasteiger partial charge on any atom is 0.344 e. The SMILES string of the molecule is COC(=O)c1ccc(OCC(=O)OC(C)C)c(Br)c1. The van der Waals surface area contributed by atoms with Crippen LogP contribution in [0.25, 0.3) is 0 Å². The van der Waals surface area contributed by atoms with Crippen LogP contribution in [0.2, 0.25) is 0 Å². The largest absolute Gasteiger partial charge is 0.481 e. The van der Waals surface area contributed by atoms with E-state index in [2.05, 4.69) is 20.7 Å². The molecule has 104 valence electrons.